The van der Waals surface area contributed by atoms with Gasteiger partial charge in [-0.3, -0.25) is 0 Å². The second kappa shape index (κ2) is 3.44. The Kier molecular flexibility index (Phi) is 3.05. The third-order valence-corrected chi connectivity index (χ3v) is 4.24. The summed E-state index contributed by atoms with van der Waals surface area (Å²) in [5.74, 6) is 0. The Hall–Kier alpha value is 0.770. The summed E-state index contributed by atoms with van der Waals surface area (Å²) in [4.78, 5) is 0.414. The van der Waals surface area contributed by atoms with E-state index in [1.165, 1.54) is 11.3 Å². The maximum Gasteiger partial charge on any atom is 0.188 e. The minimum Gasteiger partial charge on any atom is -0.302 e. The van der Waals surface area contributed by atoms with Crippen molar-refractivity contribution in [2.75, 3.05) is 0 Å². The van der Waals surface area contributed by atoms with Gasteiger partial charge in [-0.1, -0.05) is 0 Å². The summed E-state index contributed by atoms with van der Waals surface area (Å²) < 4.78 is 20.7. The second-order valence-corrected chi connectivity index (χ2v) is 6.13. The van der Waals surface area contributed by atoms with E-state index in [9.17, 15) is 4.21 Å². The van der Waals surface area contributed by atoms with Crippen LogP contribution in [-0.4, -0.2) is 8.76 Å². The van der Waals surface area contributed by atoms with E-state index in [1.54, 1.807) is 6.07 Å². The van der Waals surface area contributed by atoms with Crippen LogP contribution < -0.4 is 0 Å². The molecule has 0 bridgehead atoms. The summed E-state index contributed by atoms with van der Waals surface area (Å²) in [5, 5.41) is 0. The molecule has 1 rings (SSSR count). The highest BCUT2D eigenvalue weighted by Gasteiger charge is 2.09. The molecule has 0 aliphatic heterocycles. The van der Waals surface area contributed by atoms with Crippen LogP contribution in [0, 0.1) is 0 Å². The molecule has 1 aromatic heterocycles. The number of halogens is 2. The van der Waals surface area contributed by atoms with E-state index in [0.717, 1.165) is 3.79 Å². The lowest BCUT2D eigenvalue weighted by molar-refractivity contribution is 0.564. The SMILES string of the molecule is O=S(O)c1cc(Br)sc1Br. The molecule has 1 N–H and O–H groups in total. The van der Waals surface area contributed by atoms with E-state index in [-0.39, 0.29) is 0 Å². The molecule has 0 amide bonds. The van der Waals surface area contributed by atoms with Gasteiger partial charge in [0.25, 0.3) is 0 Å². The van der Waals surface area contributed by atoms with Gasteiger partial charge >= 0.3 is 0 Å². The van der Waals surface area contributed by atoms with Crippen molar-refractivity contribution in [1.29, 1.82) is 0 Å². The van der Waals surface area contributed by atoms with Crippen LogP contribution in [0.25, 0.3) is 0 Å². The molecule has 1 atom stereocenters. The fourth-order valence-electron chi connectivity index (χ4n) is 0.444. The molecule has 0 fully saturated rings. The van der Waals surface area contributed by atoms with Gasteiger partial charge in [0, 0.05) is 0 Å². The molecule has 56 valence electrons. The average Bonchev–Trinajstić information content (AvgIpc) is 2.10. The van der Waals surface area contributed by atoms with Crippen molar-refractivity contribution in [3.63, 3.8) is 0 Å². The van der Waals surface area contributed by atoms with Crippen molar-refractivity contribution in [2.45, 2.75) is 4.90 Å². The Balaban J connectivity index is 3.15. The van der Waals surface area contributed by atoms with E-state index in [0.29, 0.717) is 8.68 Å². The summed E-state index contributed by atoms with van der Waals surface area (Å²) in [6.07, 6.45) is 0. The molecule has 6 heteroatoms. The largest absolute Gasteiger partial charge is 0.302 e. The van der Waals surface area contributed by atoms with E-state index in [2.05, 4.69) is 31.9 Å². The predicted octanol–water partition coefficient (Wildman–Crippen LogP) is 2.85. The fraction of sp³-hybridized carbons (Fsp3) is 0. The molecule has 1 heterocycles. The lowest BCUT2D eigenvalue weighted by Crippen LogP contribution is -1.83. The summed E-state index contributed by atoms with van der Waals surface area (Å²) in [7, 11) is 0. The summed E-state index contributed by atoms with van der Waals surface area (Å²) in [6.45, 7) is 0. The van der Waals surface area contributed by atoms with Crippen molar-refractivity contribution >= 4 is 54.3 Å². The standard InChI is InChI=1S/C4H2Br2O2S2/c5-3-1-2(10(7)8)4(6)9-3/h1H,(H,7,8). The lowest BCUT2D eigenvalue weighted by atomic mass is 10.7. The van der Waals surface area contributed by atoms with Crippen LogP contribution in [0.1, 0.15) is 0 Å². The molecule has 0 saturated carbocycles. The zero-order valence-electron chi connectivity index (χ0n) is 4.51. The van der Waals surface area contributed by atoms with Gasteiger partial charge < -0.3 is 4.55 Å². The number of hydrogen-bond donors (Lipinski definition) is 1. The van der Waals surface area contributed by atoms with Gasteiger partial charge in [-0.15, -0.1) is 11.3 Å². The maximum atomic E-state index is 10.5. The van der Waals surface area contributed by atoms with Gasteiger partial charge in [-0.25, -0.2) is 4.21 Å². The molecule has 1 unspecified atom stereocenters. The molecule has 0 aliphatic carbocycles. The van der Waals surface area contributed by atoms with Crippen LogP contribution in [0.2, 0.25) is 0 Å². The Morgan fingerprint density at radius 3 is 2.40 bits per heavy atom. The van der Waals surface area contributed by atoms with Crippen molar-refractivity contribution < 1.29 is 8.76 Å². The first-order valence-electron chi connectivity index (χ1n) is 2.17. The normalized spacial score (nSPS) is 13.5. The van der Waals surface area contributed by atoms with E-state index in [4.69, 9.17) is 4.55 Å². The molecule has 0 aliphatic rings. The molecule has 0 aromatic carbocycles. The Bertz CT molecular complexity index is 270. The zero-order chi connectivity index (χ0) is 7.72. The zero-order valence-corrected chi connectivity index (χ0v) is 9.31. The van der Waals surface area contributed by atoms with Crippen molar-refractivity contribution in [3.8, 4) is 0 Å². The van der Waals surface area contributed by atoms with Crippen LogP contribution in [0.15, 0.2) is 18.5 Å². The molecular formula is C4H2Br2O2S2. The monoisotopic (exact) mass is 304 g/mol. The number of hydrogen-bond acceptors (Lipinski definition) is 2. The smallest absolute Gasteiger partial charge is 0.188 e. The van der Waals surface area contributed by atoms with Crippen LogP contribution in [0.4, 0.5) is 0 Å². The summed E-state index contributed by atoms with van der Waals surface area (Å²) in [5.41, 5.74) is 0. The molecule has 2 nitrogen and oxygen atoms in total. The summed E-state index contributed by atoms with van der Waals surface area (Å²) >= 11 is 5.84. The fourth-order valence-corrected chi connectivity index (χ4v) is 4.29. The Morgan fingerprint density at radius 1 is 1.60 bits per heavy atom. The van der Waals surface area contributed by atoms with Gasteiger partial charge in [-0.2, -0.15) is 0 Å². The van der Waals surface area contributed by atoms with Gasteiger partial charge in [0.05, 0.1) is 12.5 Å². The number of thiophene rings is 1. The summed E-state index contributed by atoms with van der Waals surface area (Å²) in [6, 6.07) is 1.62. The number of rotatable bonds is 1. The van der Waals surface area contributed by atoms with Crippen molar-refractivity contribution in [3.05, 3.63) is 13.6 Å². The Morgan fingerprint density at radius 2 is 2.20 bits per heavy atom. The predicted molar refractivity (Wildman–Crippen MR) is 48.8 cm³/mol. The highest BCUT2D eigenvalue weighted by Crippen LogP contribution is 2.33. The molecular weight excluding hydrogens is 304 g/mol. The van der Waals surface area contributed by atoms with Crippen LogP contribution >= 0.6 is 43.2 Å². The van der Waals surface area contributed by atoms with Crippen molar-refractivity contribution in [2.24, 2.45) is 0 Å². The highest BCUT2D eigenvalue weighted by molar-refractivity contribution is 9.12. The average molecular weight is 306 g/mol. The molecule has 0 saturated heterocycles. The van der Waals surface area contributed by atoms with E-state index < -0.39 is 11.1 Å². The minimum absolute atomic E-state index is 0.414. The first kappa shape index (κ1) is 8.86. The van der Waals surface area contributed by atoms with E-state index in [1.807, 2.05) is 0 Å². The van der Waals surface area contributed by atoms with Crippen LogP contribution in [0.3, 0.4) is 0 Å². The lowest BCUT2D eigenvalue weighted by Gasteiger charge is -1.85. The molecule has 0 spiro atoms. The quantitative estimate of drug-likeness (QED) is 0.810. The highest BCUT2D eigenvalue weighted by atomic mass is 79.9. The van der Waals surface area contributed by atoms with Gasteiger partial charge in [0.15, 0.2) is 11.1 Å². The van der Waals surface area contributed by atoms with E-state index >= 15 is 0 Å². The third kappa shape index (κ3) is 1.88. The van der Waals surface area contributed by atoms with Crippen LogP contribution in [-0.2, 0) is 11.1 Å². The first-order valence-corrected chi connectivity index (χ1v) is 5.68. The minimum atomic E-state index is -1.89. The molecule has 0 radical (unpaired) electrons. The molecule has 1 aromatic rings. The third-order valence-electron chi connectivity index (χ3n) is 0.814. The maximum absolute atomic E-state index is 10.5. The van der Waals surface area contributed by atoms with Gasteiger partial charge in [0.2, 0.25) is 0 Å². The topological polar surface area (TPSA) is 37.3 Å². The van der Waals surface area contributed by atoms with Gasteiger partial charge in [-0.05, 0) is 37.9 Å². The second-order valence-electron chi connectivity index (χ2n) is 1.44. The van der Waals surface area contributed by atoms with Crippen LogP contribution in [0.5, 0.6) is 0 Å². The van der Waals surface area contributed by atoms with Crippen molar-refractivity contribution in [1.82, 2.24) is 0 Å². The molecule has 10 heavy (non-hydrogen) atoms. The van der Waals surface area contributed by atoms with Gasteiger partial charge in [0.1, 0.15) is 0 Å². The Labute approximate surface area is 81.2 Å². The first-order chi connectivity index (χ1) is 4.61.